The van der Waals surface area contributed by atoms with Gasteiger partial charge in [-0.2, -0.15) is 4.99 Å². The first-order chi connectivity index (χ1) is 12.9. The summed E-state index contributed by atoms with van der Waals surface area (Å²) < 4.78 is 24.2. The van der Waals surface area contributed by atoms with Crippen LogP contribution in [0.4, 0.5) is 5.69 Å². The van der Waals surface area contributed by atoms with Crippen molar-refractivity contribution in [3.05, 3.63) is 65.7 Å². The van der Waals surface area contributed by atoms with Crippen LogP contribution >= 0.6 is 11.8 Å². The molecule has 2 saturated heterocycles. The lowest BCUT2D eigenvalue weighted by Gasteiger charge is -2.24. The second-order valence-corrected chi connectivity index (χ2v) is 10.3. The molecule has 0 spiro atoms. The lowest BCUT2D eigenvalue weighted by atomic mass is 10.1. The fourth-order valence-corrected chi connectivity index (χ4v) is 7.49. The highest BCUT2D eigenvalue weighted by atomic mass is 32.2. The first kappa shape index (κ1) is 18.3. The van der Waals surface area contributed by atoms with E-state index >= 15 is 0 Å². The van der Waals surface area contributed by atoms with Gasteiger partial charge in [-0.05, 0) is 30.2 Å². The lowest BCUT2D eigenvalue weighted by Crippen LogP contribution is -2.37. The number of sulfone groups is 1. The van der Waals surface area contributed by atoms with Crippen molar-refractivity contribution in [2.45, 2.75) is 24.6 Å². The number of thioether (sulfide) groups is 1. The van der Waals surface area contributed by atoms with E-state index in [2.05, 4.69) is 4.99 Å². The maximum atomic E-state index is 12.5. The van der Waals surface area contributed by atoms with Gasteiger partial charge in [0.15, 0.2) is 15.0 Å². The smallest absolute Gasteiger partial charge is 0.252 e. The molecule has 140 valence electrons. The van der Waals surface area contributed by atoms with E-state index in [4.69, 9.17) is 0 Å². The van der Waals surface area contributed by atoms with Crippen LogP contribution in [0.1, 0.15) is 11.1 Å². The first-order valence-corrected chi connectivity index (χ1v) is 11.5. The fourth-order valence-electron chi connectivity index (χ4n) is 3.56. The Kier molecular flexibility index (Phi) is 4.82. The van der Waals surface area contributed by atoms with Crippen LogP contribution in [0.2, 0.25) is 0 Å². The molecule has 2 fully saturated rings. The van der Waals surface area contributed by atoms with Crippen LogP contribution in [-0.2, 0) is 21.1 Å². The van der Waals surface area contributed by atoms with Gasteiger partial charge < -0.3 is 4.90 Å². The molecule has 0 saturated carbocycles. The van der Waals surface area contributed by atoms with E-state index in [-0.39, 0.29) is 35.1 Å². The third kappa shape index (κ3) is 3.94. The summed E-state index contributed by atoms with van der Waals surface area (Å²) in [6.45, 7) is 1.99. The molecule has 27 heavy (non-hydrogen) atoms. The van der Waals surface area contributed by atoms with Crippen molar-refractivity contribution in [2.75, 3.05) is 16.4 Å². The number of hydrogen-bond acceptors (Lipinski definition) is 4. The van der Waals surface area contributed by atoms with Crippen LogP contribution in [0.15, 0.2) is 59.6 Å². The zero-order valence-electron chi connectivity index (χ0n) is 14.9. The van der Waals surface area contributed by atoms with E-state index in [9.17, 15) is 13.2 Å². The van der Waals surface area contributed by atoms with Gasteiger partial charge in [-0.3, -0.25) is 4.79 Å². The molecule has 1 amide bonds. The highest BCUT2D eigenvalue weighted by Crippen LogP contribution is 2.41. The molecule has 2 aromatic rings. The summed E-state index contributed by atoms with van der Waals surface area (Å²) in [5.74, 6) is 0.0188. The Morgan fingerprint density at radius 3 is 2.67 bits per heavy atom. The molecule has 2 heterocycles. The minimum atomic E-state index is -3.06. The van der Waals surface area contributed by atoms with Gasteiger partial charge in [-0.25, -0.2) is 8.42 Å². The van der Waals surface area contributed by atoms with Gasteiger partial charge in [-0.15, -0.1) is 0 Å². The van der Waals surface area contributed by atoms with E-state index in [0.29, 0.717) is 5.17 Å². The molecule has 0 radical (unpaired) electrons. The number of amides is 1. The number of hydrogen-bond donors (Lipinski definition) is 0. The van der Waals surface area contributed by atoms with Crippen molar-refractivity contribution in [3.8, 4) is 0 Å². The molecule has 2 atom stereocenters. The molecule has 0 aliphatic carbocycles. The van der Waals surface area contributed by atoms with Crippen LogP contribution in [-0.4, -0.2) is 42.3 Å². The summed E-state index contributed by atoms with van der Waals surface area (Å²) in [5.41, 5.74) is 2.88. The molecule has 0 aromatic heterocycles. The summed E-state index contributed by atoms with van der Waals surface area (Å²) in [6.07, 6.45) is 0.236. The standard InChI is InChI=1S/C20H20N2O3S2/c1-14-6-5-9-16(10-14)22-17-12-27(24,25)13-18(17)26-20(22)21-19(23)11-15-7-3-2-4-8-15/h2-10,17-18H,11-13H2,1H3/t17-,18-/m0/s1. The molecular formula is C20H20N2O3S2. The number of fused-ring (bicyclic) bond motifs is 1. The Morgan fingerprint density at radius 2 is 1.93 bits per heavy atom. The Labute approximate surface area is 163 Å². The van der Waals surface area contributed by atoms with Crippen molar-refractivity contribution in [3.63, 3.8) is 0 Å². The van der Waals surface area contributed by atoms with Crippen molar-refractivity contribution in [1.82, 2.24) is 0 Å². The normalized spacial score (nSPS) is 24.9. The SMILES string of the molecule is Cc1cccc(N2C(=NC(=O)Cc3ccccc3)S[C@H]3CS(=O)(=O)C[C@@H]32)c1. The summed E-state index contributed by atoms with van der Waals surface area (Å²) in [6, 6.07) is 17.2. The van der Waals surface area contributed by atoms with Crippen molar-refractivity contribution < 1.29 is 13.2 Å². The average Bonchev–Trinajstić information content (AvgIpc) is 3.06. The number of amidine groups is 1. The Hall–Kier alpha value is -2.12. The van der Waals surface area contributed by atoms with Crippen molar-refractivity contribution >= 4 is 38.4 Å². The molecule has 0 unspecified atom stereocenters. The maximum Gasteiger partial charge on any atom is 0.252 e. The monoisotopic (exact) mass is 400 g/mol. The summed E-state index contributed by atoms with van der Waals surface area (Å²) in [4.78, 5) is 18.8. The van der Waals surface area contributed by atoms with Crippen LogP contribution in [0.25, 0.3) is 0 Å². The summed E-state index contributed by atoms with van der Waals surface area (Å²) in [7, 11) is -3.06. The minimum Gasteiger partial charge on any atom is -0.316 e. The van der Waals surface area contributed by atoms with Crippen LogP contribution in [0, 0.1) is 6.92 Å². The number of aliphatic imine (C=N–C) groups is 1. The largest absolute Gasteiger partial charge is 0.316 e. The van der Waals surface area contributed by atoms with Gasteiger partial charge in [0.05, 0.1) is 24.0 Å². The second kappa shape index (κ2) is 7.13. The predicted octanol–water partition coefficient (Wildman–Crippen LogP) is 2.84. The molecule has 2 aromatic carbocycles. The maximum absolute atomic E-state index is 12.5. The number of carbonyl (C=O) groups excluding carboxylic acids is 1. The van der Waals surface area contributed by atoms with Gasteiger partial charge in [-0.1, -0.05) is 54.2 Å². The number of nitrogens with zero attached hydrogens (tertiary/aromatic N) is 2. The van der Waals surface area contributed by atoms with Gasteiger partial charge in [0.1, 0.15) is 0 Å². The predicted molar refractivity (Wildman–Crippen MR) is 110 cm³/mol. The third-order valence-corrected chi connectivity index (χ3v) is 7.97. The van der Waals surface area contributed by atoms with Crippen LogP contribution in [0.5, 0.6) is 0 Å². The molecule has 0 N–H and O–H groups in total. The van der Waals surface area contributed by atoms with E-state index in [1.165, 1.54) is 11.8 Å². The van der Waals surface area contributed by atoms with Crippen molar-refractivity contribution in [2.24, 2.45) is 4.99 Å². The highest BCUT2D eigenvalue weighted by molar-refractivity contribution is 8.16. The molecule has 7 heteroatoms. The lowest BCUT2D eigenvalue weighted by molar-refractivity contribution is -0.117. The van der Waals surface area contributed by atoms with E-state index in [1.54, 1.807) is 0 Å². The van der Waals surface area contributed by atoms with Gasteiger partial charge in [0.2, 0.25) is 0 Å². The Balaban J connectivity index is 1.65. The number of aryl methyl sites for hydroxylation is 1. The minimum absolute atomic E-state index is 0.0845. The van der Waals surface area contributed by atoms with Crippen LogP contribution < -0.4 is 4.90 Å². The van der Waals surface area contributed by atoms with Gasteiger partial charge in [0.25, 0.3) is 5.91 Å². The Bertz CT molecular complexity index is 1000. The zero-order chi connectivity index (χ0) is 19.0. The number of rotatable bonds is 3. The van der Waals surface area contributed by atoms with E-state index in [0.717, 1.165) is 16.8 Å². The molecular weight excluding hydrogens is 380 g/mol. The molecule has 5 nitrogen and oxygen atoms in total. The van der Waals surface area contributed by atoms with E-state index < -0.39 is 9.84 Å². The second-order valence-electron chi connectivity index (χ2n) is 6.96. The first-order valence-electron chi connectivity index (χ1n) is 8.80. The third-order valence-electron chi connectivity index (χ3n) is 4.76. The molecule has 4 rings (SSSR count). The molecule has 2 aliphatic rings. The Morgan fingerprint density at radius 1 is 1.15 bits per heavy atom. The average molecular weight is 401 g/mol. The summed E-state index contributed by atoms with van der Waals surface area (Å²) >= 11 is 1.41. The highest BCUT2D eigenvalue weighted by Gasteiger charge is 2.49. The van der Waals surface area contributed by atoms with Crippen LogP contribution in [0.3, 0.4) is 0 Å². The quantitative estimate of drug-likeness (QED) is 0.793. The molecule has 0 bridgehead atoms. The number of carbonyl (C=O) groups is 1. The molecule has 2 aliphatic heterocycles. The van der Waals surface area contributed by atoms with Gasteiger partial charge >= 0.3 is 0 Å². The fraction of sp³-hybridized carbons (Fsp3) is 0.300. The van der Waals surface area contributed by atoms with E-state index in [1.807, 2.05) is 66.4 Å². The zero-order valence-corrected chi connectivity index (χ0v) is 16.5. The van der Waals surface area contributed by atoms with Crippen molar-refractivity contribution in [1.29, 1.82) is 0 Å². The summed E-state index contributed by atoms with van der Waals surface area (Å²) in [5, 5.41) is 0.519. The number of benzene rings is 2. The number of anilines is 1. The van der Waals surface area contributed by atoms with Gasteiger partial charge in [0, 0.05) is 10.9 Å². The topological polar surface area (TPSA) is 66.8 Å².